The summed E-state index contributed by atoms with van der Waals surface area (Å²) in [5.41, 5.74) is 5.95. The Morgan fingerprint density at radius 2 is 1.77 bits per heavy atom. The number of nitrogens with zero attached hydrogens (tertiary/aromatic N) is 1. The zero-order valence-electron chi connectivity index (χ0n) is 23.0. The zero-order chi connectivity index (χ0) is 27.9. The molecule has 1 unspecified atom stereocenters. The molecule has 4 aromatic rings. The Balaban J connectivity index is 1.43. The number of nitrogens with one attached hydrogen (secondary N) is 2. The van der Waals surface area contributed by atoms with Gasteiger partial charge in [-0.05, 0) is 54.2 Å². The molecule has 1 aliphatic rings. The molecule has 1 amide bonds. The Morgan fingerprint density at radius 1 is 1.00 bits per heavy atom. The van der Waals surface area contributed by atoms with Crippen molar-refractivity contribution in [2.24, 2.45) is 0 Å². The number of carbonyl (C=O) groups excluding carboxylic acids is 1. The molecule has 1 atom stereocenters. The highest BCUT2D eigenvalue weighted by Gasteiger charge is 2.24. The number of aliphatic carboxylic acids is 1. The number of H-pyrrole nitrogens is 1. The lowest BCUT2D eigenvalue weighted by atomic mass is 9.95. The predicted octanol–water partition coefficient (Wildman–Crippen LogP) is 6.02. The molecule has 3 N–H and O–H groups in total. The molecule has 208 valence electrons. The first kappa shape index (κ1) is 27.3. The maximum absolute atomic E-state index is 13.6. The van der Waals surface area contributed by atoms with E-state index in [0.29, 0.717) is 6.42 Å². The number of aryl methyl sites for hydroxylation is 1. The van der Waals surface area contributed by atoms with Gasteiger partial charge in [0.1, 0.15) is 5.75 Å². The van der Waals surface area contributed by atoms with Gasteiger partial charge >= 0.3 is 5.97 Å². The van der Waals surface area contributed by atoms with Gasteiger partial charge in [0.25, 0.3) is 0 Å². The van der Waals surface area contributed by atoms with Gasteiger partial charge in [-0.25, -0.2) is 0 Å². The van der Waals surface area contributed by atoms with Gasteiger partial charge in [-0.2, -0.15) is 0 Å². The van der Waals surface area contributed by atoms with Crippen LogP contribution in [0.3, 0.4) is 0 Å². The van der Waals surface area contributed by atoms with Crippen LogP contribution in [0.25, 0.3) is 10.9 Å². The van der Waals surface area contributed by atoms with Gasteiger partial charge in [-0.15, -0.1) is 0 Å². The quantitative estimate of drug-likeness (QED) is 0.229. The molecule has 7 nitrogen and oxygen atoms in total. The summed E-state index contributed by atoms with van der Waals surface area (Å²) in [7, 11) is 1.69. The van der Waals surface area contributed by atoms with E-state index < -0.39 is 5.97 Å². The Hall–Kier alpha value is -4.26. The number of hydrogen-bond donors (Lipinski definition) is 3. The molecular weight excluding hydrogens is 502 g/mol. The molecule has 1 saturated heterocycles. The molecule has 1 fully saturated rings. The number of rotatable bonds is 10. The summed E-state index contributed by atoms with van der Waals surface area (Å²) in [6, 6.07) is 21.8. The standard InChI is InChI=1S/C33H37N3O4/c1-40-26-13-14-27(30(21-26)36-17-7-2-3-8-18-36)33(24-9-5-4-6-10-24)35-31(37)20-23-11-15-29-28(19-23)25(22-34-29)12-16-32(38)39/h4-6,9-11,13-15,19,21-22,33-34H,2-3,7-8,12,16-18,20H2,1H3,(H,35,37)(H,38,39). The van der Waals surface area contributed by atoms with Gasteiger partial charge in [-0.3, -0.25) is 9.59 Å². The number of benzene rings is 3. The first-order chi connectivity index (χ1) is 19.5. The number of amides is 1. The SMILES string of the molecule is COc1ccc(C(NC(=O)Cc2ccc3[nH]cc(CCC(=O)O)c3c2)c2ccccc2)c(N2CCCCCC2)c1. The average molecular weight is 540 g/mol. The number of aromatic amines is 1. The van der Waals surface area contributed by atoms with Gasteiger partial charge in [0.05, 0.1) is 19.6 Å². The van der Waals surface area contributed by atoms with Gasteiger partial charge < -0.3 is 25.0 Å². The first-order valence-electron chi connectivity index (χ1n) is 14.1. The van der Waals surface area contributed by atoms with Crippen molar-refractivity contribution in [3.05, 3.63) is 95.2 Å². The molecule has 1 aromatic heterocycles. The van der Waals surface area contributed by atoms with E-state index in [1.807, 2.05) is 48.7 Å². The summed E-state index contributed by atoms with van der Waals surface area (Å²) >= 11 is 0. The number of ether oxygens (including phenoxy) is 1. The number of carboxylic acid groups (broad SMARTS) is 1. The molecule has 0 saturated carbocycles. The lowest BCUT2D eigenvalue weighted by molar-refractivity contribution is -0.137. The van der Waals surface area contributed by atoms with Crippen LogP contribution in [0, 0.1) is 0 Å². The van der Waals surface area contributed by atoms with Crippen LogP contribution in [-0.2, 0) is 22.4 Å². The second kappa shape index (κ2) is 12.7. The molecule has 2 heterocycles. The van der Waals surface area contributed by atoms with Gasteiger partial charge in [0, 0.05) is 53.9 Å². The molecule has 5 rings (SSSR count). The van der Waals surface area contributed by atoms with E-state index in [4.69, 9.17) is 9.84 Å². The average Bonchev–Trinajstić information content (AvgIpc) is 3.17. The molecule has 0 radical (unpaired) electrons. The van der Waals surface area contributed by atoms with Crippen LogP contribution in [0.1, 0.15) is 60.4 Å². The minimum Gasteiger partial charge on any atom is -0.497 e. The minimum atomic E-state index is -0.824. The van der Waals surface area contributed by atoms with E-state index in [1.54, 1.807) is 7.11 Å². The van der Waals surface area contributed by atoms with Crippen molar-refractivity contribution in [3.63, 3.8) is 0 Å². The largest absolute Gasteiger partial charge is 0.497 e. The number of fused-ring (bicyclic) bond motifs is 1. The molecule has 40 heavy (non-hydrogen) atoms. The van der Waals surface area contributed by atoms with Crippen molar-refractivity contribution in [1.82, 2.24) is 10.3 Å². The fourth-order valence-electron chi connectivity index (χ4n) is 5.65. The van der Waals surface area contributed by atoms with Crippen LogP contribution in [-0.4, -0.2) is 42.2 Å². The summed E-state index contributed by atoms with van der Waals surface area (Å²) in [5.74, 6) is -0.0944. The fourth-order valence-corrected chi connectivity index (χ4v) is 5.65. The Kier molecular flexibility index (Phi) is 8.69. The highest BCUT2D eigenvalue weighted by Crippen LogP contribution is 2.35. The maximum Gasteiger partial charge on any atom is 0.303 e. The normalized spacial score (nSPS) is 14.5. The second-order valence-corrected chi connectivity index (χ2v) is 10.5. The van der Waals surface area contributed by atoms with Crippen LogP contribution in [0.4, 0.5) is 5.69 Å². The second-order valence-electron chi connectivity index (χ2n) is 10.5. The van der Waals surface area contributed by atoms with Crippen LogP contribution >= 0.6 is 0 Å². The number of hydrogen-bond acceptors (Lipinski definition) is 4. The fraction of sp³-hybridized carbons (Fsp3) is 0.333. The topological polar surface area (TPSA) is 94.7 Å². The van der Waals surface area contributed by atoms with Crippen molar-refractivity contribution < 1.29 is 19.4 Å². The van der Waals surface area contributed by atoms with E-state index in [2.05, 4.69) is 39.5 Å². The summed E-state index contributed by atoms with van der Waals surface area (Å²) in [5, 5.41) is 13.4. The Labute approximate surface area is 235 Å². The van der Waals surface area contributed by atoms with Crippen molar-refractivity contribution in [2.45, 2.75) is 51.0 Å². The summed E-state index contributed by atoms with van der Waals surface area (Å²) in [4.78, 5) is 30.3. The molecule has 3 aromatic carbocycles. The van der Waals surface area contributed by atoms with Gasteiger partial charge in [0.15, 0.2) is 0 Å². The number of carbonyl (C=O) groups is 2. The third-order valence-corrected chi connectivity index (χ3v) is 7.74. The molecule has 0 aliphatic carbocycles. The molecule has 0 bridgehead atoms. The van der Waals surface area contributed by atoms with Crippen LogP contribution in [0.5, 0.6) is 5.75 Å². The van der Waals surface area contributed by atoms with E-state index in [0.717, 1.165) is 70.5 Å². The lowest BCUT2D eigenvalue weighted by Crippen LogP contribution is -2.33. The minimum absolute atomic E-state index is 0.0671. The highest BCUT2D eigenvalue weighted by atomic mass is 16.5. The summed E-state index contributed by atoms with van der Waals surface area (Å²) in [6.07, 6.45) is 7.35. The molecule has 0 spiro atoms. The molecule has 7 heteroatoms. The predicted molar refractivity (Wildman–Crippen MR) is 158 cm³/mol. The van der Waals surface area contributed by atoms with E-state index in [-0.39, 0.29) is 24.8 Å². The van der Waals surface area contributed by atoms with Gasteiger partial charge in [-0.1, -0.05) is 55.3 Å². The number of aromatic nitrogens is 1. The maximum atomic E-state index is 13.6. The smallest absolute Gasteiger partial charge is 0.303 e. The van der Waals surface area contributed by atoms with Gasteiger partial charge in [0.2, 0.25) is 5.91 Å². The van der Waals surface area contributed by atoms with Crippen molar-refractivity contribution in [3.8, 4) is 5.75 Å². The van der Waals surface area contributed by atoms with Crippen molar-refractivity contribution in [1.29, 1.82) is 0 Å². The third kappa shape index (κ3) is 6.47. The van der Waals surface area contributed by atoms with E-state index >= 15 is 0 Å². The first-order valence-corrected chi connectivity index (χ1v) is 14.1. The molecule has 1 aliphatic heterocycles. The highest BCUT2D eigenvalue weighted by molar-refractivity contribution is 5.87. The van der Waals surface area contributed by atoms with E-state index in [1.165, 1.54) is 12.8 Å². The number of anilines is 1. The number of methoxy groups -OCH3 is 1. The summed E-state index contributed by atoms with van der Waals surface area (Å²) in [6.45, 7) is 1.97. The van der Waals surface area contributed by atoms with E-state index in [9.17, 15) is 9.59 Å². The number of carboxylic acids is 1. The Bertz CT molecular complexity index is 1460. The van der Waals surface area contributed by atoms with Crippen LogP contribution < -0.4 is 15.0 Å². The summed E-state index contributed by atoms with van der Waals surface area (Å²) < 4.78 is 5.60. The lowest BCUT2D eigenvalue weighted by Gasteiger charge is -2.30. The van der Waals surface area contributed by atoms with Crippen molar-refractivity contribution in [2.75, 3.05) is 25.1 Å². The monoisotopic (exact) mass is 539 g/mol. The third-order valence-electron chi connectivity index (χ3n) is 7.74. The Morgan fingerprint density at radius 3 is 2.50 bits per heavy atom. The molecular formula is C33H37N3O4. The zero-order valence-corrected chi connectivity index (χ0v) is 23.0. The van der Waals surface area contributed by atoms with Crippen molar-refractivity contribution >= 4 is 28.5 Å². The van der Waals surface area contributed by atoms with Crippen LogP contribution in [0.2, 0.25) is 0 Å². The van der Waals surface area contributed by atoms with Crippen LogP contribution in [0.15, 0.2) is 72.9 Å².